The van der Waals surface area contributed by atoms with E-state index in [0.29, 0.717) is 6.04 Å². The summed E-state index contributed by atoms with van der Waals surface area (Å²) in [5, 5.41) is 12.8. The molecule has 1 saturated heterocycles. The summed E-state index contributed by atoms with van der Waals surface area (Å²) in [4.78, 5) is 3.00. The minimum absolute atomic E-state index is 0.137. The Morgan fingerprint density at radius 1 is 1.11 bits per heavy atom. The molecule has 2 fully saturated rings. The van der Waals surface area contributed by atoms with Crippen molar-refractivity contribution in [2.75, 3.05) is 32.7 Å². The highest BCUT2D eigenvalue weighted by atomic mass is 19.1. The number of halogens is 1. The molecule has 27 heavy (non-hydrogen) atoms. The van der Waals surface area contributed by atoms with Gasteiger partial charge in [0, 0.05) is 0 Å². The molecule has 1 aliphatic heterocycles. The maximum Gasteiger partial charge on any atom is 0.214 e. The van der Waals surface area contributed by atoms with Crippen LogP contribution < -0.4 is 9.80 Å². The van der Waals surface area contributed by atoms with Gasteiger partial charge in [0.2, 0.25) is 5.82 Å². The highest BCUT2D eigenvalue weighted by Gasteiger charge is 2.37. The van der Waals surface area contributed by atoms with Crippen LogP contribution in [-0.2, 0) is 0 Å². The molecule has 2 heterocycles. The van der Waals surface area contributed by atoms with Gasteiger partial charge in [-0.15, -0.1) is 5.10 Å². The molecule has 2 N–H and O–H groups in total. The minimum atomic E-state index is -0.154. The van der Waals surface area contributed by atoms with Gasteiger partial charge >= 0.3 is 0 Å². The summed E-state index contributed by atoms with van der Waals surface area (Å²) in [6.07, 6.45) is 5.97. The summed E-state index contributed by atoms with van der Waals surface area (Å²) < 4.78 is 16.8. The smallest absolute Gasteiger partial charge is 0.214 e. The van der Waals surface area contributed by atoms with Crippen molar-refractivity contribution >= 4 is 0 Å². The molecule has 0 bridgehead atoms. The van der Waals surface area contributed by atoms with Crippen LogP contribution in [0.3, 0.4) is 0 Å². The number of benzene rings is 1. The van der Waals surface area contributed by atoms with Crippen molar-refractivity contribution in [3.8, 4) is 0 Å². The first kappa shape index (κ1) is 18.5. The molecule has 0 amide bonds. The third-order valence-corrected chi connectivity index (χ3v) is 6.42. The van der Waals surface area contributed by atoms with E-state index in [1.165, 1.54) is 24.2 Å². The first-order valence-corrected chi connectivity index (χ1v) is 10.5. The zero-order valence-corrected chi connectivity index (χ0v) is 16.2. The topological polar surface area (TPSA) is 52.5 Å². The zero-order chi connectivity index (χ0) is 18.6. The first-order chi connectivity index (χ1) is 13.3. The lowest BCUT2D eigenvalue weighted by Crippen LogP contribution is -3.28. The number of quaternary nitrogens is 2. The van der Waals surface area contributed by atoms with Crippen LogP contribution in [0.25, 0.3) is 0 Å². The van der Waals surface area contributed by atoms with Crippen molar-refractivity contribution in [3.63, 3.8) is 0 Å². The van der Waals surface area contributed by atoms with Gasteiger partial charge in [0.15, 0.2) is 6.04 Å². The molecule has 146 valence electrons. The molecule has 1 atom stereocenters. The molecular weight excluding hydrogens is 343 g/mol. The second-order valence-corrected chi connectivity index (χ2v) is 7.99. The summed E-state index contributed by atoms with van der Waals surface area (Å²) in [7, 11) is 0. The highest BCUT2D eigenvalue weighted by molar-refractivity contribution is 5.24. The minimum Gasteiger partial charge on any atom is -0.326 e. The molecule has 2 aromatic rings. The van der Waals surface area contributed by atoms with Crippen LogP contribution in [-0.4, -0.2) is 52.9 Å². The quantitative estimate of drug-likeness (QED) is 0.787. The fourth-order valence-corrected chi connectivity index (χ4v) is 4.79. The summed E-state index contributed by atoms with van der Waals surface area (Å²) in [6, 6.07) is 7.36. The molecule has 0 radical (unpaired) electrons. The van der Waals surface area contributed by atoms with Crippen molar-refractivity contribution in [1.29, 1.82) is 0 Å². The number of hydrogen-bond donors (Lipinski definition) is 2. The molecular formula is C20H31FN6+2. The number of nitrogens with zero attached hydrogens (tertiary/aromatic N) is 4. The third kappa shape index (κ3) is 3.89. The van der Waals surface area contributed by atoms with Crippen molar-refractivity contribution in [2.24, 2.45) is 0 Å². The molecule has 7 heteroatoms. The molecule has 1 saturated carbocycles. The van der Waals surface area contributed by atoms with Gasteiger partial charge in [-0.1, -0.05) is 31.4 Å². The van der Waals surface area contributed by atoms with E-state index in [9.17, 15) is 4.39 Å². The standard InChI is InChI=1S/C20H29FN6/c1-2-25-12-14-26(15-13-25)19(17-10-6-7-11-18(17)21)20-22-23-24-27(20)16-8-4-3-5-9-16/h6-7,10-11,16,19H,2-5,8-9,12-15H2,1H3/p+2/t19-/m0/s1. The first-order valence-electron chi connectivity index (χ1n) is 10.5. The SMILES string of the molecule is CC[NH+]1CC[NH+]([C@@H](c2ccccc2F)c2nnnn2C2CCCCC2)CC1. The van der Waals surface area contributed by atoms with Crippen LogP contribution in [0.4, 0.5) is 4.39 Å². The largest absolute Gasteiger partial charge is 0.326 e. The molecule has 1 aromatic carbocycles. The van der Waals surface area contributed by atoms with E-state index in [1.807, 2.05) is 16.8 Å². The Morgan fingerprint density at radius 2 is 1.85 bits per heavy atom. The van der Waals surface area contributed by atoms with Crippen molar-refractivity contribution in [3.05, 3.63) is 41.5 Å². The molecule has 1 aliphatic carbocycles. The van der Waals surface area contributed by atoms with Gasteiger partial charge in [-0.3, -0.25) is 0 Å². The predicted molar refractivity (Wildman–Crippen MR) is 100 cm³/mol. The monoisotopic (exact) mass is 374 g/mol. The van der Waals surface area contributed by atoms with Crippen molar-refractivity contribution < 1.29 is 14.2 Å². The number of tetrazole rings is 1. The summed E-state index contributed by atoms with van der Waals surface area (Å²) >= 11 is 0. The van der Waals surface area contributed by atoms with E-state index in [2.05, 4.69) is 22.4 Å². The van der Waals surface area contributed by atoms with E-state index in [0.717, 1.165) is 57.0 Å². The Bertz CT molecular complexity index is 734. The van der Waals surface area contributed by atoms with Crippen LogP contribution in [0.2, 0.25) is 0 Å². The molecule has 2 aliphatic rings. The lowest BCUT2D eigenvalue weighted by atomic mass is 9.95. The maximum atomic E-state index is 14.8. The fourth-order valence-electron chi connectivity index (χ4n) is 4.79. The summed E-state index contributed by atoms with van der Waals surface area (Å²) in [6.45, 7) is 7.64. The molecule has 6 nitrogen and oxygen atoms in total. The summed E-state index contributed by atoms with van der Waals surface area (Å²) in [5.74, 6) is 0.681. The average Bonchev–Trinajstić information content (AvgIpc) is 3.20. The van der Waals surface area contributed by atoms with Gasteiger partial charge in [0.25, 0.3) is 0 Å². The van der Waals surface area contributed by atoms with Gasteiger partial charge in [0.1, 0.15) is 32.0 Å². The molecule has 0 unspecified atom stereocenters. The van der Waals surface area contributed by atoms with Crippen molar-refractivity contribution in [1.82, 2.24) is 20.2 Å². The fraction of sp³-hybridized carbons (Fsp3) is 0.650. The Morgan fingerprint density at radius 3 is 2.56 bits per heavy atom. The van der Waals surface area contributed by atoms with Crippen LogP contribution in [0.5, 0.6) is 0 Å². The van der Waals surface area contributed by atoms with Gasteiger partial charge in [0.05, 0.1) is 18.2 Å². The van der Waals surface area contributed by atoms with E-state index in [4.69, 9.17) is 0 Å². The number of aromatic nitrogens is 4. The normalized spacial score (nSPS) is 25.4. The third-order valence-electron chi connectivity index (χ3n) is 6.42. The Hall–Kier alpha value is -1.86. The number of nitrogens with one attached hydrogen (secondary N) is 2. The average molecular weight is 375 g/mol. The van der Waals surface area contributed by atoms with Crippen LogP contribution in [0.1, 0.15) is 62.5 Å². The van der Waals surface area contributed by atoms with E-state index in [1.54, 1.807) is 17.0 Å². The predicted octanol–water partition coefficient (Wildman–Crippen LogP) is 0.210. The molecule has 0 spiro atoms. The summed E-state index contributed by atoms with van der Waals surface area (Å²) in [5.41, 5.74) is 0.722. The maximum absolute atomic E-state index is 14.8. The van der Waals surface area contributed by atoms with Gasteiger partial charge in [-0.2, -0.15) is 0 Å². The second kappa shape index (κ2) is 8.44. The lowest BCUT2D eigenvalue weighted by Gasteiger charge is -2.34. The number of hydrogen-bond acceptors (Lipinski definition) is 3. The number of piperazine rings is 1. The van der Waals surface area contributed by atoms with Crippen LogP contribution in [0.15, 0.2) is 24.3 Å². The number of rotatable bonds is 5. The molecule has 4 rings (SSSR count). The second-order valence-electron chi connectivity index (χ2n) is 7.99. The van der Waals surface area contributed by atoms with Gasteiger partial charge < -0.3 is 9.80 Å². The van der Waals surface area contributed by atoms with E-state index < -0.39 is 0 Å². The van der Waals surface area contributed by atoms with E-state index in [-0.39, 0.29) is 11.9 Å². The Kier molecular flexibility index (Phi) is 5.78. The van der Waals surface area contributed by atoms with Crippen molar-refractivity contribution in [2.45, 2.75) is 51.1 Å². The molecule has 1 aromatic heterocycles. The lowest BCUT2D eigenvalue weighted by molar-refractivity contribution is -1.02. The number of likely N-dealkylation sites (N-methyl/N-ethyl adjacent to an activating group) is 1. The van der Waals surface area contributed by atoms with Crippen LogP contribution in [0, 0.1) is 5.82 Å². The highest BCUT2D eigenvalue weighted by Crippen LogP contribution is 2.30. The van der Waals surface area contributed by atoms with Crippen LogP contribution >= 0.6 is 0 Å². The Balaban J connectivity index is 1.69. The Labute approximate surface area is 160 Å². The zero-order valence-electron chi connectivity index (χ0n) is 16.2. The van der Waals surface area contributed by atoms with Gasteiger partial charge in [-0.05, 0) is 42.3 Å². The van der Waals surface area contributed by atoms with Gasteiger partial charge in [-0.25, -0.2) is 9.07 Å². The van der Waals surface area contributed by atoms with E-state index >= 15 is 0 Å².